The maximum Gasteiger partial charge on any atom is 0.0645 e. The number of aliphatic hydroxyl groups is 1. The van der Waals surface area contributed by atoms with Crippen LogP contribution in [0, 0.1) is 0 Å². The van der Waals surface area contributed by atoms with Gasteiger partial charge in [-0.25, -0.2) is 0 Å². The molecule has 0 aliphatic carbocycles. The van der Waals surface area contributed by atoms with E-state index in [-0.39, 0.29) is 5.60 Å². The topological polar surface area (TPSA) is 20.2 Å². The summed E-state index contributed by atoms with van der Waals surface area (Å²) in [6.45, 7) is 6.52. The second-order valence-electron chi connectivity index (χ2n) is 4.49. The van der Waals surface area contributed by atoms with E-state index in [9.17, 15) is 5.11 Å². The normalized spacial score (nSPS) is 15.4. The van der Waals surface area contributed by atoms with Gasteiger partial charge in [0.15, 0.2) is 0 Å². The predicted octanol–water partition coefficient (Wildman–Crippen LogP) is 4.29. The Morgan fingerprint density at radius 1 is 0.786 bits per heavy atom. The number of hydrogen-bond donors (Lipinski definition) is 1. The van der Waals surface area contributed by atoms with Crippen LogP contribution in [-0.4, -0.2) is 10.7 Å². The van der Waals surface area contributed by atoms with Gasteiger partial charge < -0.3 is 5.11 Å². The molecule has 86 valence electrons. The van der Waals surface area contributed by atoms with Crippen molar-refractivity contribution < 1.29 is 5.11 Å². The molecule has 0 saturated carbocycles. The molecule has 0 radical (unpaired) electrons. The van der Waals surface area contributed by atoms with Crippen LogP contribution >= 0.6 is 0 Å². The Kier molecular flexibility index (Phi) is 8.26. The van der Waals surface area contributed by atoms with Crippen molar-refractivity contribution in [2.75, 3.05) is 0 Å². The largest absolute Gasteiger partial charge is 0.390 e. The Hall–Kier alpha value is -0.0400. The van der Waals surface area contributed by atoms with Crippen LogP contribution in [0.2, 0.25) is 0 Å². The maximum absolute atomic E-state index is 10.3. The van der Waals surface area contributed by atoms with Gasteiger partial charge in [0.05, 0.1) is 5.60 Å². The van der Waals surface area contributed by atoms with Crippen LogP contribution in [0.5, 0.6) is 0 Å². The van der Waals surface area contributed by atoms with Gasteiger partial charge in [0.1, 0.15) is 0 Å². The van der Waals surface area contributed by atoms with Crippen molar-refractivity contribution >= 4 is 0 Å². The molecule has 0 bridgehead atoms. The second kappa shape index (κ2) is 8.28. The lowest BCUT2D eigenvalue weighted by Crippen LogP contribution is -2.27. The molecule has 0 aromatic heterocycles. The molecule has 1 heteroatoms. The fourth-order valence-corrected chi connectivity index (χ4v) is 1.87. The molecular weight excluding hydrogens is 172 g/mol. The van der Waals surface area contributed by atoms with Crippen molar-refractivity contribution in [1.82, 2.24) is 0 Å². The highest BCUT2D eigenvalue weighted by Crippen LogP contribution is 2.25. The summed E-state index contributed by atoms with van der Waals surface area (Å²) in [5, 5.41) is 10.3. The summed E-state index contributed by atoms with van der Waals surface area (Å²) in [6, 6.07) is 0. The molecule has 0 spiro atoms. The van der Waals surface area contributed by atoms with Crippen molar-refractivity contribution in [1.29, 1.82) is 0 Å². The number of unbranched alkanes of at least 4 members (excludes halogenated alkanes) is 4. The van der Waals surface area contributed by atoms with Crippen molar-refractivity contribution in [3.8, 4) is 0 Å². The fourth-order valence-electron chi connectivity index (χ4n) is 1.87. The molecule has 0 fully saturated rings. The first kappa shape index (κ1) is 14.0. The molecule has 0 saturated heterocycles. The summed E-state index contributed by atoms with van der Waals surface area (Å²) in [5.74, 6) is 0. The van der Waals surface area contributed by atoms with Crippen molar-refractivity contribution in [3.05, 3.63) is 0 Å². The van der Waals surface area contributed by atoms with Gasteiger partial charge in [-0.05, 0) is 19.3 Å². The van der Waals surface area contributed by atoms with Crippen LogP contribution in [0.4, 0.5) is 0 Å². The third-order valence-corrected chi connectivity index (χ3v) is 3.15. The van der Waals surface area contributed by atoms with Gasteiger partial charge >= 0.3 is 0 Å². The van der Waals surface area contributed by atoms with Crippen LogP contribution in [-0.2, 0) is 0 Å². The Morgan fingerprint density at radius 2 is 1.36 bits per heavy atom. The first-order valence-corrected chi connectivity index (χ1v) is 6.41. The van der Waals surface area contributed by atoms with E-state index in [1.807, 2.05) is 0 Å². The molecule has 1 N–H and O–H groups in total. The van der Waals surface area contributed by atoms with Gasteiger partial charge in [-0.15, -0.1) is 0 Å². The molecule has 0 aliphatic rings. The van der Waals surface area contributed by atoms with E-state index in [2.05, 4.69) is 20.8 Å². The molecule has 0 amide bonds. The predicted molar refractivity (Wildman–Crippen MR) is 63.5 cm³/mol. The van der Waals surface area contributed by atoms with Crippen molar-refractivity contribution in [2.24, 2.45) is 0 Å². The minimum atomic E-state index is -0.357. The van der Waals surface area contributed by atoms with Crippen LogP contribution in [0.1, 0.15) is 78.6 Å². The third-order valence-electron chi connectivity index (χ3n) is 3.15. The summed E-state index contributed by atoms with van der Waals surface area (Å²) >= 11 is 0. The molecule has 1 nitrogen and oxygen atoms in total. The lowest BCUT2D eigenvalue weighted by atomic mass is 9.88. The van der Waals surface area contributed by atoms with E-state index in [4.69, 9.17) is 0 Å². The zero-order valence-corrected chi connectivity index (χ0v) is 10.3. The first-order valence-electron chi connectivity index (χ1n) is 6.41. The smallest absolute Gasteiger partial charge is 0.0645 e. The summed E-state index contributed by atoms with van der Waals surface area (Å²) in [4.78, 5) is 0. The Morgan fingerprint density at radius 3 is 1.86 bits per heavy atom. The van der Waals surface area contributed by atoms with Gasteiger partial charge in [0.2, 0.25) is 0 Å². The molecule has 0 rings (SSSR count). The molecular formula is C13H28O. The standard InChI is InChI=1S/C13H28O/c1-4-7-9-10-12-13(14,6-3)11-8-5-2/h14H,4-12H2,1-3H3. The zero-order valence-electron chi connectivity index (χ0n) is 10.3. The van der Waals surface area contributed by atoms with Crippen LogP contribution in [0.15, 0.2) is 0 Å². The van der Waals surface area contributed by atoms with Gasteiger partial charge in [-0.3, -0.25) is 0 Å². The van der Waals surface area contributed by atoms with E-state index in [1.54, 1.807) is 0 Å². The Labute approximate surface area is 89.9 Å². The number of hydrogen-bond acceptors (Lipinski definition) is 1. The molecule has 0 aromatic carbocycles. The van der Waals surface area contributed by atoms with E-state index in [0.29, 0.717) is 0 Å². The highest BCUT2D eigenvalue weighted by molar-refractivity contribution is 4.76. The Balaban J connectivity index is 3.63. The lowest BCUT2D eigenvalue weighted by Gasteiger charge is -2.26. The Bertz CT molecular complexity index is 122. The average Bonchev–Trinajstić information content (AvgIpc) is 2.22. The number of rotatable bonds is 9. The minimum Gasteiger partial charge on any atom is -0.390 e. The summed E-state index contributed by atoms with van der Waals surface area (Å²) in [7, 11) is 0. The van der Waals surface area contributed by atoms with Gasteiger partial charge in [-0.1, -0.05) is 59.3 Å². The third kappa shape index (κ3) is 6.42. The van der Waals surface area contributed by atoms with Crippen LogP contribution in [0.25, 0.3) is 0 Å². The van der Waals surface area contributed by atoms with Crippen LogP contribution in [0.3, 0.4) is 0 Å². The molecule has 0 aromatic rings. The molecule has 1 unspecified atom stereocenters. The quantitative estimate of drug-likeness (QED) is 0.550. The van der Waals surface area contributed by atoms with Gasteiger partial charge in [-0.2, -0.15) is 0 Å². The summed E-state index contributed by atoms with van der Waals surface area (Å²) < 4.78 is 0. The SMILES string of the molecule is CCCCCCC(O)(CC)CCCC. The second-order valence-corrected chi connectivity index (χ2v) is 4.49. The maximum atomic E-state index is 10.3. The van der Waals surface area contributed by atoms with Gasteiger partial charge in [0, 0.05) is 0 Å². The van der Waals surface area contributed by atoms with Crippen molar-refractivity contribution in [3.63, 3.8) is 0 Å². The van der Waals surface area contributed by atoms with E-state index in [0.717, 1.165) is 25.7 Å². The molecule has 1 atom stereocenters. The summed E-state index contributed by atoms with van der Waals surface area (Å²) in [5.41, 5.74) is -0.357. The highest BCUT2D eigenvalue weighted by Gasteiger charge is 2.22. The zero-order chi connectivity index (χ0) is 10.9. The van der Waals surface area contributed by atoms with E-state index in [1.165, 1.54) is 32.1 Å². The van der Waals surface area contributed by atoms with Crippen molar-refractivity contribution in [2.45, 2.75) is 84.2 Å². The van der Waals surface area contributed by atoms with E-state index >= 15 is 0 Å². The lowest BCUT2D eigenvalue weighted by molar-refractivity contribution is 0.0144. The van der Waals surface area contributed by atoms with Gasteiger partial charge in [0.25, 0.3) is 0 Å². The molecule has 14 heavy (non-hydrogen) atoms. The molecule has 0 aliphatic heterocycles. The fraction of sp³-hybridized carbons (Fsp3) is 1.00. The minimum absolute atomic E-state index is 0.357. The summed E-state index contributed by atoms with van der Waals surface area (Å²) in [6.07, 6.45) is 10.3. The molecule has 0 heterocycles. The average molecular weight is 200 g/mol. The van der Waals surface area contributed by atoms with E-state index < -0.39 is 0 Å². The first-order chi connectivity index (χ1) is 6.68. The highest BCUT2D eigenvalue weighted by atomic mass is 16.3. The monoisotopic (exact) mass is 200 g/mol. The van der Waals surface area contributed by atoms with Crippen LogP contribution < -0.4 is 0 Å².